The zero-order valence-corrected chi connectivity index (χ0v) is 18.5. The molecule has 0 aliphatic carbocycles. The summed E-state index contributed by atoms with van der Waals surface area (Å²) in [6.45, 7) is 6.85. The molecule has 3 saturated heterocycles. The van der Waals surface area contributed by atoms with Crippen LogP contribution >= 0.6 is 0 Å². The first-order valence-corrected chi connectivity index (χ1v) is 11.6. The molecule has 0 aromatic rings. The molecule has 3 heterocycles. The molecule has 1 spiro atoms. The lowest BCUT2D eigenvalue weighted by atomic mass is 9.70. The number of amides is 3. The van der Waals surface area contributed by atoms with E-state index in [9.17, 15) is 19.5 Å². The van der Waals surface area contributed by atoms with Gasteiger partial charge < -0.3 is 25.4 Å². The van der Waals surface area contributed by atoms with E-state index < -0.39 is 29.5 Å². The number of hydrogen-bond acceptors (Lipinski definition) is 5. The van der Waals surface area contributed by atoms with Crippen LogP contribution in [0.15, 0.2) is 0 Å². The molecule has 3 rings (SSSR count). The zero-order valence-electron chi connectivity index (χ0n) is 18.5. The Morgan fingerprint density at radius 2 is 1.90 bits per heavy atom. The molecule has 0 radical (unpaired) electrons. The smallest absolute Gasteiger partial charge is 0.245 e. The Balaban J connectivity index is 1.91. The monoisotopic (exact) mass is 423 g/mol. The van der Waals surface area contributed by atoms with Crippen molar-refractivity contribution in [2.24, 2.45) is 11.8 Å². The minimum Gasteiger partial charge on any atom is -0.394 e. The Kier molecular flexibility index (Phi) is 7.39. The number of aliphatic hydroxyl groups excluding tert-OH is 1. The van der Waals surface area contributed by atoms with Crippen LogP contribution in [-0.2, 0) is 19.1 Å². The first-order valence-electron chi connectivity index (χ1n) is 11.6. The fourth-order valence-corrected chi connectivity index (χ4v) is 5.55. The van der Waals surface area contributed by atoms with Gasteiger partial charge >= 0.3 is 0 Å². The largest absolute Gasteiger partial charge is 0.394 e. The molecule has 3 amide bonds. The first kappa shape index (κ1) is 23.0. The number of ether oxygens (including phenoxy) is 1. The van der Waals surface area contributed by atoms with Crippen LogP contribution in [0.5, 0.6) is 0 Å². The summed E-state index contributed by atoms with van der Waals surface area (Å²) in [5.41, 5.74) is -0.979. The van der Waals surface area contributed by atoms with Crippen molar-refractivity contribution in [3.05, 3.63) is 0 Å². The van der Waals surface area contributed by atoms with E-state index in [1.54, 1.807) is 0 Å². The highest BCUT2D eigenvalue weighted by atomic mass is 16.5. The fourth-order valence-electron chi connectivity index (χ4n) is 5.55. The maximum atomic E-state index is 13.6. The van der Waals surface area contributed by atoms with Gasteiger partial charge in [0.15, 0.2) is 0 Å². The molecule has 3 fully saturated rings. The number of aliphatic hydroxyl groups is 1. The Hall–Kier alpha value is -1.67. The average Bonchev–Trinajstić information content (AvgIpc) is 3.38. The summed E-state index contributed by atoms with van der Waals surface area (Å²) >= 11 is 0. The normalized spacial score (nSPS) is 32.9. The third-order valence-electron chi connectivity index (χ3n) is 6.99. The minimum absolute atomic E-state index is 0.164. The third kappa shape index (κ3) is 3.73. The van der Waals surface area contributed by atoms with Crippen LogP contribution in [0.1, 0.15) is 65.7 Å². The molecule has 3 N–H and O–H groups in total. The number of carbonyl (C=O) groups is 3. The number of unbranched alkanes of at least 4 members (excludes halogenated alkanes) is 2. The van der Waals surface area contributed by atoms with Crippen LogP contribution in [0, 0.1) is 11.8 Å². The van der Waals surface area contributed by atoms with Crippen LogP contribution < -0.4 is 10.6 Å². The van der Waals surface area contributed by atoms with Gasteiger partial charge in [0, 0.05) is 13.1 Å². The van der Waals surface area contributed by atoms with Crippen molar-refractivity contribution in [1.82, 2.24) is 15.5 Å². The van der Waals surface area contributed by atoms with Gasteiger partial charge in [0.25, 0.3) is 0 Å². The number of carbonyl (C=O) groups excluding carboxylic acids is 3. The van der Waals surface area contributed by atoms with Gasteiger partial charge in [-0.15, -0.1) is 0 Å². The van der Waals surface area contributed by atoms with Crippen LogP contribution in [0.2, 0.25) is 0 Å². The second-order valence-corrected chi connectivity index (χ2v) is 8.84. The van der Waals surface area contributed by atoms with Gasteiger partial charge in [0.1, 0.15) is 11.6 Å². The predicted molar refractivity (Wildman–Crippen MR) is 111 cm³/mol. The molecular formula is C22H37N3O5. The number of rotatable bonds is 11. The molecule has 170 valence electrons. The second kappa shape index (κ2) is 9.64. The Morgan fingerprint density at radius 3 is 2.53 bits per heavy atom. The van der Waals surface area contributed by atoms with Gasteiger partial charge in [-0.05, 0) is 32.1 Å². The molecule has 6 atom stereocenters. The summed E-state index contributed by atoms with van der Waals surface area (Å²) in [5.74, 6) is -1.87. The summed E-state index contributed by atoms with van der Waals surface area (Å²) in [4.78, 5) is 41.3. The summed E-state index contributed by atoms with van der Waals surface area (Å²) in [5, 5.41) is 15.8. The predicted octanol–water partition coefficient (Wildman–Crippen LogP) is 0.965. The van der Waals surface area contributed by atoms with E-state index in [0.29, 0.717) is 32.4 Å². The van der Waals surface area contributed by atoms with E-state index in [-0.39, 0.29) is 30.4 Å². The lowest BCUT2D eigenvalue weighted by molar-refractivity contribution is -0.145. The van der Waals surface area contributed by atoms with E-state index >= 15 is 0 Å². The van der Waals surface area contributed by atoms with Gasteiger partial charge in [-0.25, -0.2) is 0 Å². The fraction of sp³-hybridized carbons (Fsp3) is 0.864. The topological polar surface area (TPSA) is 108 Å². The Morgan fingerprint density at radius 1 is 1.17 bits per heavy atom. The van der Waals surface area contributed by atoms with Gasteiger partial charge in [-0.3, -0.25) is 14.4 Å². The third-order valence-corrected chi connectivity index (χ3v) is 6.99. The second-order valence-electron chi connectivity index (χ2n) is 8.84. The highest BCUT2D eigenvalue weighted by Gasteiger charge is 2.74. The summed E-state index contributed by atoms with van der Waals surface area (Å²) in [7, 11) is 0. The van der Waals surface area contributed by atoms with Gasteiger partial charge in [0.05, 0.1) is 30.6 Å². The minimum atomic E-state index is -0.979. The van der Waals surface area contributed by atoms with E-state index in [0.717, 1.165) is 25.7 Å². The molecule has 3 aliphatic rings. The highest BCUT2D eigenvalue weighted by Crippen LogP contribution is 2.58. The lowest BCUT2D eigenvalue weighted by Crippen LogP contribution is -2.58. The number of nitrogens with one attached hydrogen (secondary N) is 2. The van der Waals surface area contributed by atoms with Crippen molar-refractivity contribution in [2.45, 2.75) is 89.5 Å². The van der Waals surface area contributed by atoms with E-state index in [1.165, 1.54) is 4.90 Å². The zero-order chi connectivity index (χ0) is 21.9. The molecule has 30 heavy (non-hydrogen) atoms. The SMILES string of the molecule is CCCCCNC(=O)C1N([C@@H](CC)CO)C(=O)[C@@H]2[C@@H](C(=O)NCCC)[C@H]3CCC12O3. The van der Waals surface area contributed by atoms with Crippen LogP contribution in [0.25, 0.3) is 0 Å². The summed E-state index contributed by atoms with van der Waals surface area (Å²) in [6, 6.07) is -1.27. The summed E-state index contributed by atoms with van der Waals surface area (Å²) < 4.78 is 6.33. The molecule has 3 aliphatic heterocycles. The molecule has 2 unspecified atom stereocenters. The van der Waals surface area contributed by atoms with E-state index in [4.69, 9.17) is 4.74 Å². The molecule has 8 nitrogen and oxygen atoms in total. The molecule has 8 heteroatoms. The highest BCUT2D eigenvalue weighted by molar-refractivity contribution is 5.99. The average molecular weight is 424 g/mol. The number of nitrogens with zero attached hydrogens (tertiary/aromatic N) is 1. The quantitative estimate of drug-likeness (QED) is 0.429. The van der Waals surface area contributed by atoms with Gasteiger partial charge in [-0.2, -0.15) is 0 Å². The maximum absolute atomic E-state index is 13.6. The first-order chi connectivity index (χ1) is 14.5. The van der Waals surface area contributed by atoms with Gasteiger partial charge in [0.2, 0.25) is 17.7 Å². The Bertz CT molecular complexity index is 653. The van der Waals surface area contributed by atoms with Gasteiger partial charge in [-0.1, -0.05) is 33.6 Å². The van der Waals surface area contributed by atoms with Crippen molar-refractivity contribution in [3.8, 4) is 0 Å². The van der Waals surface area contributed by atoms with Crippen LogP contribution in [-0.4, -0.2) is 71.2 Å². The summed E-state index contributed by atoms with van der Waals surface area (Å²) in [6.07, 6.45) is 5.20. The molecule has 0 aromatic heterocycles. The molecular weight excluding hydrogens is 386 g/mol. The van der Waals surface area contributed by atoms with Crippen LogP contribution in [0.3, 0.4) is 0 Å². The lowest BCUT2D eigenvalue weighted by Gasteiger charge is -2.36. The van der Waals surface area contributed by atoms with E-state index in [1.807, 2.05) is 13.8 Å². The number of likely N-dealkylation sites (tertiary alicyclic amines) is 1. The van der Waals surface area contributed by atoms with Crippen molar-refractivity contribution in [2.75, 3.05) is 19.7 Å². The molecule has 0 aromatic carbocycles. The Labute approximate surface area is 179 Å². The van der Waals surface area contributed by atoms with Crippen molar-refractivity contribution >= 4 is 17.7 Å². The van der Waals surface area contributed by atoms with Crippen LogP contribution in [0.4, 0.5) is 0 Å². The standard InChI is InChI=1S/C22H37N3O5/c1-4-7-8-12-24-20(28)18-22-10-9-15(30-22)16(19(27)23-11-5-2)17(22)21(29)25(18)14(6-3)13-26/h14-18,26H,4-13H2,1-3H3,(H,23,27)(H,24,28)/t14-,15+,16-,17-,18?,22?/m0/s1. The van der Waals surface area contributed by atoms with E-state index in [2.05, 4.69) is 17.6 Å². The van der Waals surface area contributed by atoms with Crippen molar-refractivity contribution in [3.63, 3.8) is 0 Å². The molecule has 2 bridgehead atoms. The maximum Gasteiger partial charge on any atom is 0.245 e. The number of hydrogen-bond donors (Lipinski definition) is 3. The molecule has 0 saturated carbocycles. The van der Waals surface area contributed by atoms with Crippen molar-refractivity contribution < 1.29 is 24.2 Å². The van der Waals surface area contributed by atoms with Crippen molar-refractivity contribution in [1.29, 1.82) is 0 Å². The number of fused-ring (bicyclic) bond motifs is 1.